The van der Waals surface area contributed by atoms with E-state index in [0.717, 1.165) is 0 Å². The Balaban J connectivity index is 1.96. The van der Waals surface area contributed by atoms with Crippen LogP contribution in [0, 0.1) is 11.3 Å². The Hall–Kier alpha value is -4.42. The minimum Gasteiger partial charge on any atom is -0.507 e. The van der Waals surface area contributed by atoms with Crippen LogP contribution in [0.5, 0.6) is 5.75 Å². The molecule has 9 heteroatoms. The highest BCUT2D eigenvalue weighted by molar-refractivity contribution is 5.95. The number of carboxylic acids is 1. The van der Waals surface area contributed by atoms with Crippen LogP contribution in [0.25, 0.3) is 22.4 Å². The van der Waals surface area contributed by atoms with Crippen molar-refractivity contribution < 1.29 is 24.9 Å². The molecule has 0 aliphatic carbocycles. The lowest BCUT2D eigenvalue weighted by atomic mass is 9.97. The second-order valence-corrected chi connectivity index (χ2v) is 6.96. The molecule has 6 N–H and O–H groups in total. The van der Waals surface area contributed by atoms with Gasteiger partial charge in [-0.2, -0.15) is 5.26 Å². The van der Waals surface area contributed by atoms with Crippen molar-refractivity contribution in [3.05, 3.63) is 60.2 Å². The first-order valence-corrected chi connectivity index (χ1v) is 9.60. The van der Waals surface area contributed by atoms with Crippen LogP contribution in [0.4, 0.5) is 11.5 Å². The number of nitrogens with two attached hydrogens (primary N) is 1. The van der Waals surface area contributed by atoms with Crippen LogP contribution in [0.2, 0.25) is 0 Å². The average Bonchev–Trinajstić information content (AvgIpc) is 2.77. The summed E-state index contributed by atoms with van der Waals surface area (Å²) in [5, 5.41) is 40.8. The number of aromatic hydroxyl groups is 1. The largest absolute Gasteiger partial charge is 0.507 e. The first kappa shape index (κ1) is 22.3. The zero-order valence-corrected chi connectivity index (χ0v) is 16.8. The van der Waals surface area contributed by atoms with E-state index in [1.54, 1.807) is 48.5 Å². The van der Waals surface area contributed by atoms with Gasteiger partial charge in [-0.05, 0) is 42.3 Å². The SMILES string of the molecule is N#Cc1c(-c2cccc(NC(=O)C(O)CCC(=O)O)c2)cc(-c2ccccc2O)nc1N. The third-order valence-corrected chi connectivity index (χ3v) is 4.71. The number of nitrogens with one attached hydrogen (secondary N) is 1. The molecule has 0 radical (unpaired) electrons. The zero-order chi connectivity index (χ0) is 23.3. The molecule has 1 amide bonds. The van der Waals surface area contributed by atoms with E-state index in [0.29, 0.717) is 28.1 Å². The number of pyridine rings is 1. The second-order valence-electron chi connectivity index (χ2n) is 6.96. The molecule has 0 bridgehead atoms. The number of para-hydroxylation sites is 1. The van der Waals surface area contributed by atoms with E-state index in [4.69, 9.17) is 10.8 Å². The van der Waals surface area contributed by atoms with Gasteiger partial charge in [-0.25, -0.2) is 4.98 Å². The predicted molar refractivity (Wildman–Crippen MR) is 117 cm³/mol. The van der Waals surface area contributed by atoms with Crippen molar-refractivity contribution in [1.82, 2.24) is 4.98 Å². The number of nitrogen functional groups attached to an aromatic ring is 1. The molecule has 0 aliphatic rings. The number of carbonyl (C=O) groups excluding carboxylic acids is 1. The molecule has 1 heterocycles. The van der Waals surface area contributed by atoms with Gasteiger partial charge in [0.05, 0.1) is 5.69 Å². The van der Waals surface area contributed by atoms with E-state index in [2.05, 4.69) is 10.3 Å². The number of phenols is 1. The number of hydrogen-bond donors (Lipinski definition) is 5. The number of benzene rings is 2. The van der Waals surface area contributed by atoms with E-state index >= 15 is 0 Å². The molecule has 3 aromatic rings. The summed E-state index contributed by atoms with van der Waals surface area (Å²) in [7, 11) is 0. The lowest BCUT2D eigenvalue weighted by molar-refractivity contribution is -0.138. The highest BCUT2D eigenvalue weighted by Gasteiger charge is 2.18. The average molecular weight is 432 g/mol. The Bertz CT molecular complexity index is 1220. The molecule has 1 aromatic heterocycles. The molecular weight excluding hydrogens is 412 g/mol. The van der Waals surface area contributed by atoms with Gasteiger partial charge in [0.1, 0.15) is 29.3 Å². The quantitative estimate of drug-likeness (QED) is 0.379. The number of aliphatic carboxylic acids is 1. The molecule has 2 aromatic carbocycles. The van der Waals surface area contributed by atoms with Crippen LogP contribution in [0.1, 0.15) is 18.4 Å². The standard InChI is InChI=1S/C23H20N4O5/c24-12-17-16(11-18(27-22(17)25)15-6-1-2-7-19(15)28)13-4-3-5-14(10-13)26-23(32)20(29)8-9-21(30)31/h1-7,10-11,20,28-29H,8-9H2,(H2,25,27)(H,26,32)(H,30,31). The van der Waals surface area contributed by atoms with Gasteiger partial charge in [0, 0.05) is 23.2 Å². The van der Waals surface area contributed by atoms with Gasteiger partial charge in [-0.15, -0.1) is 0 Å². The third-order valence-electron chi connectivity index (χ3n) is 4.71. The smallest absolute Gasteiger partial charge is 0.303 e. The highest BCUT2D eigenvalue weighted by atomic mass is 16.4. The Morgan fingerprint density at radius 2 is 1.88 bits per heavy atom. The summed E-state index contributed by atoms with van der Waals surface area (Å²) < 4.78 is 0. The second kappa shape index (κ2) is 9.59. The van der Waals surface area contributed by atoms with Crippen molar-refractivity contribution in [1.29, 1.82) is 5.26 Å². The summed E-state index contributed by atoms with van der Waals surface area (Å²) in [6.07, 6.45) is -2.04. The van der Waals surface area contributed by atoms with Gasteiger partial charge in [0.2, 0.25) is 0 Å². The van der Waals surface area contributed by atoms with Crippen LogP contribution in [-0.2, 0) is 9.59 Å². The van der Waals surface area contributed by atoms with Gasteiger partial charge < -0.3 is 26.4 Å². The van der Waals surface area contributed by atoms with E-state index in [1.165, 1.54) is 6.07 Å². The molecule has 0 fully saturated rings. The Morgan fingerprint density at radius 1 is 1.12 bits per heavy atom. The summed E-state index contributed by atoms with van der Waals surface area (Å²) in [6, 6.07) is 16.8. The number of nitriles is 1. The number of phenolic OH excluding ortho intramolecular Hbond substituents is 1. The van der Waals surface area contributed by atoms with Crippen LogP contribution < -0.4 is 11.1 Å². The topological polar surface area (TPSA) is 170 Å². The molecule has 162 valence electrons. The van der Waals surface area contributed by atoms with Crippen molar-refractivity contribution in [3.63, 3.8) is 0 Å². The summed E-state index contributed by atoms with van der Waals surface area (Å²) >= 11 is 0. The molecule has 0 saturated carbocycles. The molecule has 1 unspecified atom stereocenters. The first-order valence-electron chi connectivity index (χ1n) is 9.60. The van der Waals surface area contributed by atoms with Gasteiger partial charge in [-0.3, -0.25) is 9.59 Å². The number of carbonyl (C=O) groups is 2. The maximum absolute atomic E-state index is 12.2. The fraction of sp³-hybridized carbons (Fsp3) is 0.130. The number of aromatic nitrogens is 1. The number of hydrogen-bond acceptors (Lipinski definition) is 7. The summed E-state index contributed by atoms with van der Waals surface area (Å²) in [5.41, 5.74) is 8.28. The van der Waals surface area contributed by atoms with Crippen LogP contribution in [-0.4, -0.2) is 38.3 Å². The minimum atomic E-state index is -1.48. The van der Waals surface area contributed by atoms with Crippen molar-refractivity contribution in [2.75, 3.05) is 11.1 Å². The van der Waals surface area contributed by atoms with E-state index in [1.807, 2.05) is 6.07 Å². The number of nitrogens with zero attached hydrogens (tertiary/aromatic N) is 2. The van der Waals surface area contributed by atoms with E-state index in [-0.39, 0.29) is 30.0 Å². The maximum atomic E-state index is 12.2. The summed E-state index contributed by atoms with van der Waals surface area (Å²) in [6.45, 7) is 0. The van der Waals surface area contributed by atoms with Crippen molar-refractivity contribution >= 4 is 23.4 Å². The predicted octanol–water partition coefficient (Wildman–Crippen LogP) is 2.74. The summed E-state index contributed by atoms with van der Waals surface area (Å²) in [5.74, 6) is -1.86. The van der Waals surface area contributed by atoms with Gasteiger partial charge >= 0.3 is 5.97 Å². The van der Waals surface area contributed by atoms with E-state index < -0.39 is 18.0 Å². The normalized spacial score (nSPS) is 11.4. The molecule has 9 nitrogen and oxygen atoms in total. The van der Waals surface area contributed by atoms with E-state index in [9.17, 15) is 25.1 Å². The Morgan fingerprint density at radius 3 is 2.56 bits per heavy atom. The van der Waals surface area contributed by atoms with Crippen LogP contribution >= 0.6 is 0 Å². The lowest BCUT2D eigenvalue weighted by Gasteiger charge is -2.13. The number of rotatable bonds is 7. The molecule has 32 heavy (non-hydrogen) atoms. The van der Waals surface area contributed by atoms with Crippen molar-refractivity contribution in [3.8, 4) is 34.2 Å². The van der Waals surface area contributed by atoms with Crippen molar-refractivity contribution in [2.45, 2.75) is 18.9 Å². The van der Waals surface area contributed by atoms with Gasteiger partial charge in [0.25, 0.3) is 5.91 Å². The number of amides is 1. The van der Waals surface area contributed by atoms with Gasteiger partial charge in [0.15, 0.2) is 0 Å². The maximum Gasteiger partial charge on any atom is 0.303 e. The summed E-state index contributed by atoms with van der Waals surface area (Å²) in [4.78, 5) is 27.0. The molecular formula is C23H20N4O5. The monoisotopic (exact) mass is 432 g/mol. The molecule has 0 spiro atoms. The highest BCUT2D eigenvalue weighted by Crippen LogP contribution is 2.35. The lowest BCUT2D eigenvalue weighted by Crippen LogP contribution is -2.28. The number of aliphatic hydroxyl groups excluding tert-OH is 1. The minimum absolute atomic E-state index is 0.00594. The van der Waals surface area contributed by atoms with Crippen LogP contribution in [0.15, 0.2) is 54.6 Å². The molecule has 0 aliphatic heterocycles. The Kier molecular flexibility index (Phi) is 6.68. The fourth-order valence-electron chi connectivity index (χ4n) is 3.12. The number of aliphatic hydroxyl groups is 1. The first-order chi connectivity index (χ1) is 15.3. The fourth-order valence-corrected chi connectivity index (χ4v) is 3.12. The number of carboxylic acid groups (broad SMARTS) is 1. The van der Waals surface area contributed by atoms with Crippen LogP contribution in [0.3, 0.4) is 0 Å². The van der Waals surface area contributed by atoms with Crippen molar-refractivity contribution in [2.24, 2.45) is 0 Å². The zero-order valence-electron chi connectivity index (χ0n) is 16.8. The Labute approximate surface area is 183 Å². The molecule has 3 rings (SSSR count). The van der Waals surface area contributed by atoms with Gasteiger partial charge in [-0.1, -0.05) is 24.3 Å². The molecule has 0 saturated heterocycles. The third kappa shape index (κ3) is 5.00. The molecule has 1 atom stereocenters. The number of anilines is 2.